The van der Waals surface area contributed by atoms with Crippen molar-refractivity contribution in [2.24, 2.45) is 11.1 Å². The van der Waals surface area contributed by atoms with Crippen LogP contribution < -0.4 is 14.6 Å². The molecule has 1 fully saturated rings. The van der Waals surface area contributed by atoms with E-state index in [1.54, 1.807) is 6.07 Å². The number of nitrogens with two attached hydrogens (primary N) is 1. The van der Waals surface area contributed by atoms with Gasteiger partial charge in [-0.3, -0.25) is 4.90 Å². The number of rotatable bonds is 7. The number of halogens is 1. The van der Waals surface area contributed by atoms with E-state index in [0.29, 0.717) is 24.1 Å². The van der Waals surface area contributed by atoms with Gasteiger partial charge in [0.05, 0.1) is 0 Å². The van der Waals surface area contributed by atoms with Gasteiger partial charge in [-0.05, 0) is 43.5 Å². The van der Waals surface area contributed by atoms with Crippen LogP contribution in [-0.4, -0.2) is 46.1 Å². The Hall–Kier alpha value is -0.860. The van der Waals surface area contributed by atoms with E-state index in [0.717, 1.165) is 38.2 Å². The molecule has 22 heavy (non-hydrogen) atoms. The van der Waals surface area contributed by atoms with Crippen LogP contribution in [0.15, 0.2) is 24.3 Å². The maximum atomic E-state index is 10.9. The van der Waals surface area contributed by atoms with Crippen molar-refractivity contribution in [3.05, 3.63) is 29.3 Å². The Kier molecular flexibility index (Phi) is 6.46. The Morgan fingerprint density at radius 1 is 1.45 bits per heavy atom. The van der Waals surface area contributed by atoms with Crippen LogP contribution in [-0.2, 0) is 10.2 Å². The van der Waals surface area contributed by atoms with Gasteiger partial charge in [0.25, 0.3) is 10.2 Å². The number of hydrogen-bond acceptors (Lipinski definition) is 4. The smallest absolute Gasteiger partial charge is 0.274 e. The first kappa shape index (κ1) is 17.5. The number of hydrogen-bond donors (Lipinski definition) is 2. The highest BCUT2D eigenvalue weighted by atomic mass is 35.5. The van der Waals surface area contributed by atoms with Gasteiger partial charge in [0.2, 0.25) is 0 Å². The zero-order valence-electron chi connectivity index (χ0n) is 12.4. The number of nitrogens with zero attached hydrogens (tertiary/aromatic N) is 1. The highest BCUT2D eigenvalue weighted by Gasteiger charge is 2.20. The standard InChI is InChI=1S/C14H22ClN3O3S/c15-13-4-1-5-14(9-13)21-8-7-18-6-2-3-12(11-18)10-17-22(16,19)20/h1,4-5,9,12,17H,2-3,6-8,10-11H2,(H2,16,19,20)/t12-/m0/s1. The SMILES string of the molecule is NS(=O)(=O)NC[C@@H]1CCCN(CCOc2cccc(Cl)c2)C1. The molecule has 124 valence electrons. The Bertz CT molecular complexity index is 582. The summed E-state index contributed by atoms with van der Waals surface area (Å²) in [5, 5.41) is 5.62. The van der Waals surface area contributed by atoms with Gasteiger partial charge in [0.1, 0.15) is 12.4 Å². The molecule has 0 saturated carbocycles. The van der Waals surface area contributed by atoms with Crippen LogP contribution in [0.5, 0.6) is 5.75 Å². The number of piperidine rings is 1. The van der Waals surface area contributed by atoms with Crippen LogP contribution in [0.2, 0.25) is 5.02 Å². The number of benzene rings is 1. The van der Waals surface area contributed by atoms with Gasteiger partial charge < -0.3 is 4.74 Å². The molecule has 1 aliphatic rings. The molecule has 0 radical (unpaired) electrons. The fraction of sp³-hybridized carbons (Fsp3) is 0.571. The van der Waals surface area contributed by atoms with Gasteiger partial charge >= 0.3 is 0 Å². The van der Waals surface area contributed by atoms with Crippen LogP contribution >= 0.6 is 11.6 Å². The average molecular weight is 348 g/mol. The van der Waals surface area contributed by atoms with Crippen molar-refractivity contribution >= 4 is 21.8 Å². The Balaban J connectivity index is 1.71. The lowest BCUT2D eigenvalue weighted by Crippen LogP contribution is -2.43. The molecule has 0 spiro atoms. The summed E-state index contributed by atoms with van der Waals surface area (Å²) in [6.45, 7) is 3.63. The lowest BCUT2D eigenvalue weighted by atomic mass is 9.98. The molecule has 8 heteroatoms. The lowest BCUT2D eigenvalue weighted by molar-refractivity contribution is 0.148. The average Bonchev–Trinajstić information content (AvgIpc) is 2.45. The summed E-state index contributed by atoms with van der Waals surface area (Å²) in [6, 6.07) is 7.33. The van der Waals surface area contributed by atoms with Gasteiger partial charge in [0, 0.05) is 24.7 Å². The van der Waals surface area contributed by atoms with Crippen molar-refractivity contribution in [3.8, 4) is 5.75 Å². The Morgan fingerprint density at radius 3 is 3.00 bits per heavy atom. The molecular formula is C14H22ClN3O3S. The van der Waals surface area contributed by atoms with Gasteiger partial charge in [-0.25, -0.2) is 9.86 Å². The number of likely N-dealkylation sites (tertiary alicyclic amines) is 1. The van der Waals surface area contributed by atoms with Gasteiger partial charge in [-0.1, -0.05) is 17.7 Å². The monoisotopic (exact) mass is 347 g/mol. The second-order valence-corrected chi connectivity index (χ2v) is 7.32. The van der Waals surface area contributed by atoms with E-state index in [9.17, 15) is 8.42 Å². The zero-order valence-corrected chi connectivity index (χ0v) is 13.9. The van der Waals surface area contributed by atoms with Crippen molar-refractivity contribution in [1.82, 2.24) is 9.62 Å². The maximum absolute atomic E-state index is 10.9. The quantitative estimate of drug-likeness (QED) is 0.776. The molecule has 0 amide bonds. The summed E-state index contributed by atoms with van der Waals surface area (Å²) in [5.41, 5.74) is 0. The van der Waals surface area contributed by atoms with Crippen LogP contribution in [0.25, 0.3) is 0 Å². The fourth-order valence-electron chi connectivity index (χ4n) is 2.60. The summed E-state index contributed by atoms with van der Waals surface area (Å²) in [6.07, 6.45) is 2.06. The summed E-state index contributed by atoms with van der Waals surface area (Å²) in [7, 11) is -3.60. The van der Waals surface area contributed by atoms with Crippen LogP contribution in [0.3, 0.4) is 0 Å². The molecule has 1 saturated heterocycles. The molecule has 0 aromatic heterocycles. The molecule has 3 N–H and O–H groups in total. The summed E-state index contributed by atoms with van der Waals surface area (Å²) in [5.74, 6) is 1.05. The molecule has 1 atom stereocenters. The molecule has 1 aliphatic heterocycles. The third-order valence-corrected chi connectivity index (χ3v) is 4.45. The highest BCUT2D eigenvalue weighted by Crippen LogP contribution is 2.18. The van der Waals surface area contributed by atoms with Crippen LogP contribution in [0.1, 0.15) is 12.8 Å². The van der Waals surface area contributed by atoms with Gasteiger partial charge in [-0.2, -0.15) is 8.42 Å². The predicted molar refractivity (Wildman–Crippen MR) is 87.2 cm³/mol. The van der Waals surface area contributed by atoms with Crippen molar-refractivity contribution in [2.45, 2.75) is 12.8 Å². The molecule has 1 aromatic carbocycles. The van der Waals surface area contributed by atoms with Crippen molar-refractivity contribution in [2.75, 3.05) is 32.8 Å². The largest absolute Gasteiger partial charge is 0.492 e. The van der Waals surface area contributed by atoms with Gasteiger partial charge in [-0.15, -0.1) is 0 Å². The van der Waals surface area contributed by atoms with E-state index < -0.39 is 10.2 Å². The van der Waals surface area contributed by atoms with E-state index in [1.807, 2.05) is 18.2 Å². The first-order valence-corrected chi connectivity index (χ1v) is 9.23. The maximum Gasteiger partial charge on any atom is 0.274 e. The molecule has 0 bridgehead atoms. The lowest BCUT2D eigenvalue weighted by Gasteiger charge is -2.32. The molecular weight excluding hydrogens is 326 g/mol. The van der Waals surface area contributed by atoms with E-state index in [2.05, 4.69) is 9.62 Å². The van der Waals surface area contributed by atoms with Crippen LogP contribution in [0, 0.1) is 5.92 Å². The van der Waals surface area contributed by atoms with Crippen LogP contribution in [0.4, 0.5) is 0 Å². The first-order valence-electron chi connectivity index (χ1n) is 7.30. The Labute approximate surface area is 136 Å². The second kappa shape index (κ2) is 8.12. The summed E-state index contributed by atoms with van der Waals surface area (Å²) >= 11 is 5.91. The number of ether oxygens (including phenoxy) is 1. The summed E-state index contributed by atoms with van der Waals surface area (Å²) < 4.78 is 29.9. The zero-order chi connectivity index (χ0) is 16.0. The first-order chi connectivity index (χ1) is 10.4. The van der Waals surface area contributed by atoms with Crippen molar-refractivity contribution < 1.29 is 13.2 Å². The molecule has 6 nitrogen and oxygen atoms in total. The molecule has 0 aliphatic carbocycles. The van der Waals surface area contributed by atoms with Gasteiger partial charge in [0.15, 0.2) is 0 Å². The third-order valence-electron chi connectivity index (χ3n) is 3.65. The van der Waals surface area contributed by atoms with E-state index in [1.165, 1.54) is 0 Å². The van der Waals surface area contributed by atoms with E-state index in [-0.39, 0.29) is 0 Å². The normalized spacial score (nSPS) is 20.0. The molecule has 1 aromatic rings. The minimum Gasteiger partial charge on any atom is -0.492 e. The minimum atomic E-state index is -3.60. The molecule has 2 rings (SSSR count). The fourth-order valence-corrected chi connectivity index (χ4v) is 3.25. The highest BCUT2D eigenvalue weighted by molar-refractivity contribution is 7.87. The Morgan fingerprint density at radius 2 is 2.27 bits per heavy atom. The number of nitrogens with one attached hydrogen (secondary N) is 1. The van der Waals surface area contributed by atoms with Crippen molar-refractivity contribution in [3.63, 3.8) is 0 Å². The second-order valence-electron chi connectivity index (χ2n) is 5.51. The van der Waals surface area contributed by atoms with Crippen molar-refractivity contribution in [1.29, 1.82) is 0 Å². The minimum absolute atomic E-state index is 0.290. The summed E-state index contributed by atoms with van der Waals surface area (Å²) in [4.78, 5) is 2.28. The topological polar surface area (TPSA) is 84.7 Å². The predicted octanol–water partition coefficient (Wildman–Crippen LogP) is 1.22. The molecule has 1 heterocycles. The van der Waals surface area contributed by atoms with E-state index >= 15 is 0 Å². The third kappa shape index (κ3) is 6.50. The molecule has 0 unspecified atom stereocenters. The van der Waals surface area contributed by atoms with E-state index in [4.69, 9.17) is 21.5 Å².